The first-order chi connectivity index (χ1) is 13.4. The van der Waals surface area contributed by atoms with Crippen molar-refractivity contribution in [2.24, 2.45) is 5.92 Å². The highest BCUT2D eigenvalue weighted by Gasteiger charge is 2.42. The van der Waals surface area contributed by atoms with Crippen LogP contribution >= 0.6 is 0 Å². The average molecular weight is 382 g/mol. The first-order valence-corrected chi connectivity index (χ1v) is 9.38. The molecule has 146 valence electrons. The Morgan fingerprint density at radius 2 is 1.93 bits per heavy atom. The van der Waals surface area contributed by atoms with Crippen molar-refractivity contribution >= 4 is 11.8 Å². The number of rotatable bonds is 3. The number of H-pyrrole nitrogens is 1. The van der Waals surface area contributed by atoms with Gasteiger partial charge in [0.1, 0.15) is 5.69 Å². The number of nitrogens with one attached hydrogen (secondary N) is 2. The van der Waals surface area contributed by atoms with E-state index in [1.807, 2.05) is 6.07 Å². The lowest BCUT2D eigenvalue weighted by atomic mass is 9.78. The van der Waals surface area contributed by atoms with Crippen LogP contribution in [-0.2, 0) is 4.79 Å². The summed E-state index contributed by atoms with van der Waals surface area (Å²) in [6, 6.07) is 9.50. The lowest BCUT2D eigenvalue weighted by molar-refractivity contribution is -0.119. The van der Waals surface area contributed by atoms with E-state index in [0.29, 0.717) is 19.6 Å². The molecule has 8 nitrogen and oxygen atoms in total. The Morgan fingerprint density at radius 1 is 1.14 bits per heavy atom. The van der Waals surface area contributed by atoms with E-state index in [-0.39, 0.29) is 46.5 Å². The molecule has 0 aromatic carbocycles. The van der Waals surface area contributed by atoms with Crippen molar-refractivity contribution in [2.75, 3.05) is 19.6 Å². The molecule has 28 heavy (non-hydrogen) atoms. The Labute approximate surface area is 161 Å². The maximum absolute atomic E-state index is 13.0. The predicted octanol–water partition coefficient (Wildman–Crippen LogP) is 0.473. The Bertz CT molecular complexity index is 1040. The Kier molecular flexibility index (Phi) is 4.62. The Balaban J connectivity index is 1.68. The molecule has 2 aliphatic rings. The average Bonchev–Trinajstić information content (AvgIpc) is 2.67. The fourth-order valence-electron chi connectivity index (χ4n) is 4.46. The third-order valence-corrected chi connectivity index (χ3v) is 5.64. The summed E-state index contributed by atoms with van der Waals surface area (Å²) < 4.78 is 1.78. The van der Waals surface area contributed by atoms with E-state index in [4.69, 9.17) is 0 Å². The van der Waals surface area contributed by atoms with Crippen LogP contribution < -0.4 is 16.4 Å². The molecule has 2 aromatic rings. The monoisotopic (exact) mass is 382 g/mol. The molecule has 4 heterocycles. The topological polar surface area (TPSA) is 104 Å². The van der Waals surface area contributed by atoms with Crippen LogP contribution in [0, 0.1) is 5.92 Å². The van der Waals surface area contributed by atoms with Crippen LogP contribution in [0.1, 0.15) is 41.5 Å². The van der Waals surface area contributed by atoms with Crippen molar-refractivity contribution in [1.29, 1.82) is 0 Å². The zero-order valence-electron chi connectivity index (χ0n) is 15.6. The van der Waals surface area contributed by atoms with Gasteiger partial charge in [0.2, 0.25) is 11.5 Å². The van der Waals surface area contributed by atoms with Gasteiger partial charge < -0.3 is 19.8 Å². The third kappa shape index (κ3) is 3.26. The summed E-state index contributed by atoms with van der Waals surface area (Å²) in [6.07, 6.45) is 0.850. The fraction of sp³-hybridized carbons (Fsp3) is 0.400. The molecule has 2 N–H and O–H groups in total. The second-order valence-corrected chi connectivity index (χ2v) is 7.49. The minimum Gasteiger partial charge on any atom is -0.354 e. The highest BCUT2D eigenvalue weighted by atomic mass is 16.2. The SMILES string of the molecule is CC(=O)NC[C@H]1[C@H]2C[C@H](CN(C(=O)c3cccc(=O)[nH]3)C2)c2cccc(=O)n21. The van der Waals surface area contributed by atoms with Gasteiger partial charge in [-0.25, -0.2) is 0 Å². The number of amides is 2. The number of aromatic amines is 1. The van der Waals surface area contributed by atoms with Crippen LogP contribution in [0.3, 0.4) is 0 Å². The number of hydrogen-bond donors (Lipinski definition) is 2. The van der Waals surface area contributed by atoms with Crippen LogP contribution in [-0.4, -0.2) is 45.9 Å². The smallest absolute Gasteiger partial charge is 0.270 e. The van der Waals surface area contributed by atoms with E-state index in [0.717, 1.165) is 12.1 Å². The minimum absolute atomic E-state index is 0.0394. The lowest BCUT2D eigenvalue weighted by Crippen LogP contribution is -2.53. The van der Waals surface area contributed by atoms with Crippen LogP contribution in [0.4, 0.5) is 0 Å². The molecule has 2 aromatic heterocycles. The van der Waals surface area contributed by atoms with Crippen LogP contribution in [0.2, 0.25) is 0 Å². The molecule has 2 amide bonds. The molecule has 0 spiro atoms. The van der Waals surface area contributed by atoms with Crippen molar-refractivity contribution in [1.82, 2.24) is 19.8 Å². The Morgan fingerprint density at radius 3 is 2.68 bits per heavy atom. The molecule has 0 unspecified atom stereocenters. The molecule has 0 radical (unpaired) electrons. The summed E-state index contributed by atoms with van der Waals surface area (Å²) in [7, 11) is 0. The van der Waals surface area contributed by atoms with E-state index in [1.54, 1.807) is 27.7 Å². The molecule has 1 fully saturated rings. The number of carbonyl (C=O) groups is 2. The zero-order chi connectivity index (χ0) is 19.8. The number of carbonyl (C=O) groups excluding carboxylic acids is 2. The fourth-order valence-corrected chi connectivity index (χ4v) is 4.46. The molecule has 0 aliphatic carbocycles. The molecule has 2 bridgehead atoms. The molecule has 4 rings (SSSR count). The second-order valence-electron chi connectivity index (χ2n) is 7.49. The minimum atomic E-state index is -0.316. The van der Waals surface area contributed by atoms with Gasteiger partial charge >= 0.3 is 0 Å². The van der Waals surface area contributed by atoms with E-state index >= 15 is 0 Å². The number of likely N-dealkylation sites (tertiary alicyclic amines) is 1. The van der Waals surface area contributed by atoms with Crippen LogP contribution in [0.15, 0.2) is 46.0 Å². The summed E-state index contributed by atoms with van der Waals surface area (Å²) in [4.78, 5) is 52.9. The van der Waals surface area contributed by atoms with Crippen LogP contribution in [0.5, 0.6) is 0 Å². The number of hydrogen-bond acceptors (Lipinski definition) is 4. The van der Waals surface area contributed by atoms with Gasteiger partial charge in [0.05, 0.1) is 6.04 Å². The number of piperidine rings is 1. The van der Waals surface area contributed by atoms with E-state index in [1.165, 1.54) is 19.1 Å². The van der Waals surface area contributed by atoms with E-state index in [9.17, 15) is 19.2 Å². The zero-order valence-corrected chi connectivity index (χ0v) is 15.6. The number of nitrogens with zero attached hydrogens (tertiary/aromatic N) is 2. The predicted molar refractivity (Wildman–Crippen MR) is 102 cm³/mol. The number of fused-ring (bicyclic) bond motifs is 4. The van der Waals surface area contributed by atoms with Gasteiger partial charge in [0.15, 0.2) is 0 Å². The number of aromatic nitrogens is 2. The summed E-state index contributed by atoms with van der Waals surface area (Å²) in [5.74, 6) is -0.297. The molecule has 8 heteroatoms. The van der Waals surface area contributed by atoms with Gasteiger partial charge in [-0.2, -0.15) is 0 Å². The summed E-state index contributed by atoms with van der Waals surface area (Å²) in [5, 5.41) is 2.82. The number of pyridine rings is 2. The Hall–Kier alpha value is -3.16. The largest absolute Gasteiger partial charge is 0.354 e. The standard InChI is InChI=1S/C20H22N4O4/c1-12(25)21-9-17-14-8-13(16-5-3-7-19(27)24(16)17)10-23(11-14)20(28)15-4-2-6-18(26)22-15/h2-7,13-14,17H,8-11H2,1H3,(H,21,25)(H,22,26)/t13-,14+,17+/m1/s1. The van der Waals surface area contributed by atoms with Gasteiger partial charge in [0, 0.05) is 50.3 Å². The molecule has 0 saturated carbocycles. The van der Waals surface area contributed by atoms with Crippen molar-refractivity contribution in [2.45, 2.75) is 25.3 Å². The van der Waals surface area contributed by atoms with Crippen molar-refractivity contribution in [3.8, 4) is 0 Å². The maximum atomic E-state index is 13.0. The molecule has 1 saturated heterocycles. The van der Waals surface area contributed by atoms with Gasteiger partial charge in [-0.15, -0.1) is 0 Å². The first-order valence-electron chi connectivity index (χ1n) is 9.38. The van der Waals surface area contributed by atoms with Gasteiger partial charge in [-0.05, 0) is 24.5 Å². The van der Waals surface area contributed by atoms with Crippen molar-refractivity contribution in [3.63, 3.8) is 0 Å². The molecular formula is C20H22N4O4. The summed E-state index contributed by atoms with van der Waals surface area (Å²) in [6.45, 7) is 2.75. The maximum Gasteiger partial charge on any atom is 0.270 e. The van der Waals surface area contributed by atoms with Crippen molar-refractivity contribution in [3.05, 3.63) is 68.5 Å². The third-order valence-electron chi connectivity index (χ3n) is 5.64. The molecule has 3 atom stereocenters. The van der Waals surface area contributed by atoms with Gasteiger partial charge in [-0.3, -0.25) is 19.2 Å². The van der Waals surface area contributed by atoms with E-state index in [2.05, 4.69) is 10.3 Å². The summed E-state index contributed by atoms with van der Waals surface area (Å²) in [5.41, 5.74) is 0.743. The van der Waals surface area contributed by atoms with Gasteiger partial charge in [-0.1, -0.05) is 12.1 Å². The molecule has 2 aliphatic heterocycles. The van der Waals surface area contributed by atoms with Crippen molar-refractivity contribution < 1.29 is 9.59 Å². The van der Waals surface area contributed by atoms with Gasteiger partial charge in [0.25, 0.3) is 11.5 Å². The lowest BCUT2D eigenvalue weighted by Gasteiger charge is -2.47. The summed E-state index contributed by atoms with van der Waals surface area (Å²) >= 11 is 0. The highest BCUT2D eigenvalue weighted by molar-refractivity contribution is 5.92. The normalized spacial score (nSPS) is 23.0. The first kappa shape index (κ1) is 18.2. The van der Waals surface area contributed by atoms with Crippen LogP contribution in [0.25, 0.3) is 0 Å². The highest BCUT2D eigenvalue weighted by Crippen LogP contribution is 2.41. The second kappa shape index (κ2) is 7.10. The quantitative estimate of drug-likeness (QED) is 0.805. The van der Waals surface area contributed by atoms with E-state index < -0.39 is 0 Å². The molecular weight excluding hydrogens is 360 g/mol.